The second kappa shape index (κ2) is 54.7. The number of likely N-dealkylation sites (N-methyl/N-ethyl adjacent to an activating group) is 1. The van der Waals surface area contributed by atoms with E-state index in [2.05, 4.69) is 111 Å². The first kappa shape index (κ1) is 70.9. The topological polar surface area (TPSA) is 111 Å². The van der Waals surface area contributed by atoms with Gasteiger partial charge in [-0.2, -0.15) is 0 Å². The number of phosphoric acid groups is 1. The highest BCUT2D eigenvalue weighted by molar-refractivity contribution is 7.45. The molecule has 0 rings (SSSR count). The van der Waals surface area contributed by atoms with Gasteiger partial charge in [-0.05, 0) is 96.3 Å². The van der Waals surface area contributed by atoms with Crippen LogP contribution in [0.15, 0.2) is 97.2 Å². The van der Waals surface area contributed by atoms with Crippen molar-refractivity contribution < 1.29 is 42.1 Å². The van der Waals surface area contributed by atoms with Gasteiger partial charge in [-0.3, -0.25) is 14.2 Å². The number of nitrogens with zero attached hydrogens (tertiary/aromatic N) is 1. The van der Waals surface area contributed by atoms with Crippen molar-refractivity contribution in [1.82, 2.24) is 0 Å². The molecule has 10 heteroatoms. The number of ether oxygens (including phenoxy) is 2. The van der Waals surface area contributed by atoms with Crippen molar-refractivity contribution >= 4 is 19.8 Å². The molecule has 0 saturated heterocycles. The van der Waals surface area contributed by atoms with Crippen LogP contribution in [-0.2, 0) is 32.7 Å². The van der Waals surface area contributed by atoms with Crippen LogP contribution >= 0.6 is 7.82 Å². The zero-order valence-corrected chi connectivity index (χ0v) is 49.2. The van der Waals surface area contributed by atoms with E-state index in [1.165, 1.54) is 116 Å². The largest absolute Gasteiger partial charge is 0.756 e. The van der Waals surface area contributed by atoms with Crippen molar-refractivity contribution in [3.63, 3.8) is 0 Å². The van der Waals surface area contributed by atoms with Crippen molar-refractivity contribution in [1.29, 1.82) is 0 Å². The fraction of sp³-hybridized carbons (Fsp3) is 0.719. The summed E-state index contributed by atoms with van der Waals surface area (Å²) < 4.78 is 34.2. The van der Waals surface area contributed by atoms with Gasteiger partial charge in [0.1, 0.15) is 19.8 Å². The molecule has 0 aromatic carbocycles. The van der Waals surface area contributed by atoms with E-state index >= 15 is 0 Å². The molecule has 0 aromatic rings. The number of carbonyl (C=O) groups is 2. The molecule has 74 heavy (non-hydrogen) atoms. The molecule has 9 nitrogen and oxygen atoms in total. The van der Waals surface area contributed by atoms with Crippen LogP contribution in [0.2, 0.25) is 0 Å². The van der Waals surface area contributed by atoms with Gasteiger partial charge in [-0.25, -0.2) is 0 Å². The normalized spacial score (nSPS) is 14.0. The smallest absolute Gasteiger partial charge is 0.306 e. The summed E-state index contributed by atoms with van der Waals surface area (Å²) in [5.74, 6) is -0.857. The van der Waals surface area contributed by atoms with E-state index in [9.17, 15) is 19.0 Å². The molecule has 0 heterocycles. The zero-order valence-electron chi connectivity index (χ0n) is 48.3. The molecule has 0 saturated carbocycles. The Morgan fingerprint density at radius 2 is 0.770 bits per heavy atom. The third-order valence-electron chi connectivity index (χ3n) is 12.6. The molecule has 2 unspecified atom stereocenters. The fourth-order valence-corrected chi connectivity index (χ4v) is 8.71. The van der Waals surface area contributed by atoms with E-state index in [1.54, 1.807) is 0 Å². The molecule has 0 N–H and O–H groups in total. The minimum absolute atomic E-state index is 0.0395. The minimum atomic E-state index is -4.65. The third kappa shape index (κ3) is 58.2. The molecule has 0 aliphatic rings. The van der Waals surface area contributed by atoms with Crippen molar-refractivity contribution in [2.75, 3.05) is 47.5 Å². The average molecular weight is 1050 g/mol. The first-order chi connectivity index (χ1) is 36.0. The van der Waals surface area contributed by atoms with Gasteiger partial charge in [0, 0.05) is 12.8 Å². The van der Waals surface area contributed by atoms with Crippen LogP contribution in [0.25, 0.3) is 0 Å². The van der Waals surface area contributed by atoms with E-state index < -0.39 is 32.5 Å². The maximum Gasteiger partial charge on any atom is 0.306 e. The highest BCUT2D eigenvalue weighted by atomic mass is 31.2. The van der Waals surface area contributed by atoms with Gasteiger partial charge in [0.15, 0.2) is 6.10 Å². The Morgan fingerprint density at radius 1 is 0.432 bits per heavy atom. The first-order valence-corrected chi connectivity index (χ1v) is 31.4. The van der Waals surface area contributed by atoms with E-state index in [0.29, 0.717) is 17.4 Å². The number of carbonyl (C=O) groups excluding carboxylic acids is 2. The summed E-state index contributed by atoms with van der Waals surface area (Å²) in [6.07, 6.45) is 74.5. The lowest BCUT2D eigenvalue weighted by Crippen LogP contribution is -2.37. The van der Waals surface area contributed by atoms with Crippen LogP contribution in [0.5, 0.6) is 0 Å². The number of hydrogen-bond donors (Lipinski definition) is 0. The fourth-order valence-electron chi connectivity index (χ4n) is 7.98. The van der Waals surface area contributed by atoms with Gasteiger partial charge in [0.2, 0.25) is 0 Å². The maximum atomic E-state index is 12.8. The predicted molar refractivity (Wildman–Crippen MR) is 314 cm³/mol. The summed E-state index contributed by atoms with van der Waals surface area (Å²) in [5.41, 5.74) is 0. The Hall–Kier alpha value is -3.07. The van der Waals surface area contributed by atoms with Crippen LogP contribution < -0.4 is 4.89 Å². The highest BCUT2D eigenvalue weighted by Gasteiger charge is 2.22. The van der Waals surface area contributed by atoms with Gasteiger partial charge >= 0.3 is 11.9 Å². The minimum Gasteiger partial charge on any atom is -0.756 e. The van der Waals surface area contributed by atoms with Crippen LogP contribution in [-0.4, -0.2) is 70.0 Å². The molecule has 0 aliphatic carbocycles. The Morgan fingerprint density at radius 3 is 1.15 bits per heavy atom. The molecular formula is C64H112NO8P. The Labute approximate surface area is 455 Å². The maximum absolute atomic E-state index is 12.8. The lowest BCUT2D eigenvalue weighted by molar-refractivity contribution is -0.870. The average Bonchev–Trinajstić information content (AvgIpc) is 3.36. The summed E-state index contributed by atoms with van der Waals surface area (Å²) in [6.45, 7) is 4.09. The molecule has 2 atom stereocenters. The molecular weight excluding hydrogens is 942 g/mol. The van der Waals surface area contributed by atoms with Crippen LogP contribution in [0, 0.1) is 0 Å². The van der Waals surface area contributed by atoms with E-state index in [-0.39, 0.29) is 26.1 Å². The summed E-state index contributed by atoms with van der Waals surface area (Å²) in [5, 5.41) is 0. The van der Waals surface area contributed by atoms with E-state index in [0.717, 1.165) is 96.3 Å². The predicted octanol–water partition coefficient (Wildman–Crippen LogP) is 18.2. The summed E-state index contributed by atoms with van der Waals surface area (Å²) in [7, 11) is 1.14. The second-order valence-corrected chi connectivity index (χ2v) is 22.4. The standard InChI is InChI=1S/C64H112NO8P/c1-6-8-10-12-14-16-18-20-22-24-26-28-29-30-31-32-33-34-35-37-38-40-42-44-46-48-50-52-54-56-63(66)70-60-62(61-72-74(68,69)71-59-58-65(3,4)5)73-64(67)57-55-53-51-49-47-45-43-41-39-36-27-25-23-21-19-17-15-13-11-9-7-2/h9,11,15,17-18,20-21,23-24,26-27,29-30,36,41,43,62H,6-8,10,12-14,16,19,22,25,28,31-35,37-40,42,44-61H2,1-5H3/b11-9-,17-15-,20-18-,23-21-,26-24-,30-29-,36-27-,43-41-. The van der Waals surface area contributed by atoms with Gasteiger partial charge in [-0.1, -0.05) is 233 Å². The molecule has 0 aromatic heterocycles. The van der Waals surface area contributed by atoms with Gasteiger partial charge in [0.25, 0.3) is 7.82 Å². The number of rotatable bonds is 54. The summed E-state index contributed by atoms with van der Waals surface area (Å²) in [4.78, 5) is 37.9. The monoisotopic (exact) mass is 1050 g/mol. The zero-order chi connectivity index (χ0) is 54.2. The Kier molecular flexibility index (Phi) is 52.4. The number of esters is 2. The number of quaternary nitrogens is 1. The lowest BCUT2D eigenvalue weighted by atomic mass is 10.0. The highest BCUT2D eigenvalue weighted by Crippen LogP contribution is 2.38. The Bertz CT molecular complexity index is 1570. The molecule has 0 aliphatic heterocycles. The molecule has 0 fully saturated rings. The number of unbranched alkanes of at least 4 members (excludes halogenated alkanes) is 24. The van der Waals surface area contributed by atoms with E-state index in [1.807, 2.05) is 21.1 Å². The van der Waals surface area contributed by atoms with Crippen LogP contribution in [0.4, 0.5) is 0 Å². The van der Waals surface area contributed by atoms with Crippen LogP contribution in [0.3, 0.4) is 0 Å². The summed E-state index contributed by atoms with van der Waals surface area (Å²) in [6, 6.07) is 0. The lowest BCUT2D eigenvalue weighted by Gasteiger charge is -2.28. The van der Waals surface area contributed by atoms with Crippen molar-refractivity contribution in [3.8, 4) is 0 Å². The molecule has 0 radical (unpaired) electrons. The second-order valence-electron chi connectivity index (χ2n) is 21.0. The molecule has 426 valence electrons. The molecule has 0 amide bonds. The number of hydrogen-bond acceptors (Lipinski definition) is 8. The molecule has 0 spiro atoms. The first-order valence-electron chi connectivity index (χ1n) is 29.9. The quantitative estimate of drug-likeness (QED) is 0.0195. The van der Waals surface area contributed by atoms with Gasteiger partial charge < -0.3 is 27.9 Å². The number of phosphoric ester groups is 1. The summed E-state index contributed by atoms with van der Waals surface area (Å²) >= 11 is 0. The Balaban J connectivity index is 4.17. The van der Waals surface area contributed by atoms with Crippen LogP contribution in [0.1, 0.15) is 245 Å². The van der Waals surface area contributed by atoms with Crippen molar-refractivity contribution in [2.24, 2.45) is 0 Å². The van der Waals surface area contributed by atoms with Gasteiger partial charge in [0.05, 0.1) is 27.7 Å². The van der Waals surface area contributed by atoms with Gasteiger partial charge in [-0.15, -0.1) is 0 Å². The molecule has 0 bridgehead atoms. The third-order valence-corrected chi connectivity index (χ3v) is 13.6. The SMILES string of the molecule is CC/C=C\C/C=C\C/C=C\C/C=C\C/C=C\CCCCCCCC(=O)OC(COC(=O)CCCCCCCCCCCCCCCC/C=C\C/C=C\C/C=C\CCCCCCC)COP(=O)([O-])OCC[N+](C)(C)C. The van der Waals surface area contributed by atoms with Crippen molar-refractivity contribution in [2.45, 2.75) is 251 Å². The number of allylic oxidation sites excluding steroid dienone is 16. The van der Waals surface area contributed by atoms with Crippen molar-refractivity contribution in [3.05, 3.63) is 97.2 Å². The van der Waals surface area contributed by atoms with E-state index in [4.69, 9.17) is 18.5 Å².